The Labute approximate surface area is 189 Å². The van der Waals surface area contributed by atoms with Crippen molar-refractivity contribution in [1.82, 2.24) is 15.8 Å². The Hall–Kier alpha value is -4.59. The number of nitro benzene ring substituents is 1. The number of nitrogens with zero attached hydrogens (tertiary/aromatic N) is 2. The van der Waals surface area contributed by atoms with Crippen molar-refractivity contribution in [1.29, 1.82) is 0 Å². The average molecular weight is 440 g/mol. The number of carbonyl (C=O) groups excluding carboxylic acids is 2. The molecule has 2 N–H and O–H groups in total. The highest BCUT2D eigenvalue weighted by atomic mass is 16.6. The number of hydrogen-bond acceptors (Lipinski definition) is 5. The van der Waals surface area contributed by atoms with Crippen molar-refractivity contribution in [3.63, 3.8) is 0 Å². The average Bonchev–Trinajstić information content (AvgIpc) is 2.81. The van der Waals surface area contributed by atoms with Gasteiger partial charge in [0.15, 0.2) is 0 Å². The smallest absolute Gasteiger partial charge is 0.267 e. The molecule has 0 saturated carbocycles. The van der Waals surface area contributed by atoms with Gasteiger partial charge in [-0.25, -0.2) is 4.98 Å². The molecular formula is C25H20N4O4. The molecule has 8 heteroatoms. The molecule has 4 rings (SSSR count). The lowest BCUT2D eigenvalue weighted by Crippen LogP contribution is -2.42. The maximum Gasteiger partial charge on any atom is 0.285 e. The maximum absolute atomic E-state index is 13.0. The van der Waals surface area contributed by atoms with E-state index in [4.69, 9.17) is 0 Å². The fraction of sp³-hybridized carbons (Fsp3) is 0.0800. The summed E-state index contributed by atoms with van der Waals surface area (Å²) in [5.74, 6) is -1.35. The highest BCUT2D eigenvalue weighted by Crippen LogP contribution is 2.26. The van der Waals surface area contributed by atoms with Gasteiger partial charge in [0, 0.05) is 16.5 Å². The number of aromatic nitrogens is 1. The van der Waals surface area contributed by atoms with E-state index in [0.29, 0.717) is 27.7 Å². The number of para-hydroxylation sites is 2. The van der Waals surface area contributed by atoms with Crippen LogP contribution in [0.4, 0.5) is 5.69 Å². The molecule has 0 unspecified atom stereocenters. The summed E-state index contributed by atoms with van der Waals surface area (Å²) in [5, 5.41) is 12.0. The van der Waals surface area contributed by atoms with Gasteiger partial charge in [-0.2, -0.15) is 0 Å². The molecule has 0 radical (unpaired) electrons. The maximum atomic E-state index is 13.0. The van der Waals surface area contributed by atoms with Gasteiger partial charge in [-0.15, -0.1) is 0 Å². The van der Waals surface area contributed by atoms with Crippen LogP contribution in [0.3, 0.4) is 0 Å². The summed E-state index contributed by atoms with van der Waals surface area (Å²) in [6, 6.07) is 21.0. The molecule has 0 saturated heterocycles. The van der Waals surface area contributed by atoms with E-state index in [1.54, 1.807) is 43.3 Å². The zero-order valence-electron chi connectivity index (χ0n) is 18.0. The summed E-state index contributed by atoms with van der Waals surface area (Å²) < 4.78 is 0. The highest BCUT2D eigenvalue weighted by Gasteiger charge is 2.23. The van der Waals surface area contributed by atoms with E-state index in [9.17, 15) is 19.7 Å². The van der Waals surface area contributed by atoms with E-state index in [1.807, 2.05) is 37.3 Å². The van der Waals surface area contributed by atoms with Crippen LogP contribution in [-0.4, -0.2) is 21.7 Å². The number of hydrogen-bond donors (Lipinski definition) is 2. The number of aryl methyl sites for hydroxylation is 2. The van der Waals surface area contributed by atoms with E-state index >= 15 is 0 Å². The second-order valence-corrected chi connectivity index (χ2v) is 7.57. The molecule has 33 heavy (non-hydrogen) atoms. The van der Waals surface area contributed by atoms with Gasteiger partial charge in [0.2, 0.25) is 0 Å². The zero-order valence-corrected chi connectivity index (χ0v) is 18.0. The Kier molecular flexibility index (Phi) is 5.82. The minimum Gasteiger partial charge on any atom is -0.267 e. The first-order chi connectivity index (χ1) is 15.8. The molecule has 0 spiro atoms. The second-order valence-electron chi connectivity index (χ2n) is 7.57. The second kappa shape index (κ2) is 8.88. The molecule has 1 heterocycles. The minimum absolute atomic E-state index is 0.139. The lowest BCUT2D eigenvalue weighted by Gasteiger charge is -2.12. The van der Waals surface area contributed by atoms with E-state index in [2.05, 4.69) is 15.8 Å². The quantitative estimate of drug-likeness (QED) is 0.358. The largest absolute Gasteiger partial charge is 0.285 e. The number of benzene rings is 3. The van der Waals surface area contributed by atoms with Crippen LogP contribution in [0.5, 0.6) is 0 Å². The first-order valence-electron chi connectivity index (χ1n) is 10.2. The number of fused-ring (bicyclic) bond motifs is 1. The molecule has 1 aromatic heterocycles. The zero-order chi connectivity index (χ0) is 23.5. The van der Waals surface area contributed by atoms with Crippen molar-refractivity contribution >= 4 is 28.4 Å². The highest BCUT2D eigenvalue weighted by molar-refractivity contribution is 6.08. The SMILES string of the molecule is Cc1ccc(-c2cc(C(=O)NNC(=O)c3cccc(C)c3[N+](=O)[O-])c3ccccc3n2)cc1. The Morgan fingerprint density at radius 1 is 0.848 bits per heavy atom. The van der Waals surface area contributed by atoms with Crippen molar-refractivity contribution in [2.24, 2.45) is 0 Å². The van der Waals surface area contributed by atoms with Gasteiger partial charge in [0.05, 0.1) is 21.7 Å². The summed E-state index contributed by atoms with van der Waals surface area (Å²) >= 11 is 0. The summed E-state index contributed by atoms with van der Waals surface area (Å²) in [5.41, 5.74) is 8.07. The normalized spacial score (nSPS) is 10.6. The number of carbonyl (C=O) groups is 2. The third kappa shape index (κ3) is 4.40. The van der Waals surface area contributed by atoms with Crippen LogP contribution in [0.25, 0.3) is 22.2 Å². The third-order valence-corrected chi connectivity index (χ3v) is 5.26. The lowest BCUT2D eigenvalue weighted by atomic mass is 10.0. The monoisotopic (exact) mass is 440 g/mol. The predicted octanol–water partition coefficient (Wildman–Crippen LogP) is 4.50. The minimum atomic E-state index is -0.782. The first kappa shape index (κ1) is 21.6. The standard InChI is InChI=1S/C25H20N4O4/c1-15-10-12-17(13-11-15)22-14-20(18-7-3-4-9-21(18)26-22)25(31)28-27-24(30)19-8-5-6-16(2)23(19)29(32)33/h3-14H,1-2H3,(H,27,30)(H,28,31). The van der Waals surface area contributed by atoms with Crippen LogP contribution in [0.2, 0.25) is 0 Å². The molecular weight excluding hydrogens is 420 g/mol. The number of amides is 2. The van der Waals surface area contributed by atoms with Crippen molar-refractivity contribution < 1.29 is 14.5 Å². The molecule has 0 bridgehead atoms. The Bertz CT molecular complexity index is 1400. The topological polar surface area (TPSA) is 114 Å². The van der Waals surface area contributed by atoms with Gasteiger partial charge in [-0.1, -0.05) is 60.2 Å². The summed E-state index contributed by atoms with van der Waals surface area (Å²) in [7, 11) is 0. The van der Waals surface area contributed by atoms with E-state index in [0.717, 1.165) is 11.1 Å². The van der Waals surface area contributed by atoms with Crippen LogP contribution in [-0.2, 0) is 0 Å². The van der Waals surface area contributed by atoms with Gasteiger partial charge in [0.25, 0.3) is 17.5 Å². The fourth-order valence-corrected chi connectivity index (χ4v) is 3.57. The molecule has 2 amide bonds. The van der Waals surface area contributed by atoms with E-state index in [-0.39, 0.29) is 11.3 Å². The van der Waals surface area contributed by atoms with Crippen LogP contribution in [0, 0.1) is 24.0 Å². The molecule has 0 fully saturated rings. The first-order valence-corrected chi connectivity index (χ1v) is 10.2. The molecule has 8 nitrogen and oxygen atoms in total. The number of nitrogens with one attached hydrogen (secondary N) is 2. The van der Waals surface area contributed by atoms with Gasteiger partial charge < -0.3 is 0 Å². The van der Waals surface area contributed by atoms with Gasteiger partial charge in [-0.05, 0) is 32.0 Å². The van der Waals surface area contributed by atoms with Crippen molar-refractivity contribution in [2.75, 3.05) is 0 Å². The number of hydrazine groups is 1. The van der Waals surface area contributed by atoms with Gasteiger partial charge in [-0.3, -0.25) is 30.6 Å². The Balaban J connectivity index is 1.65. The lowest BCUT2D eigenvalue weighted by molar-refractivity contribution is -0.385. The molecule has 0 aliphatic rings. The molecule has 0 aliphatic heterocycles. The van der Waals surface area contributed by atoms with Crippen LogP contribution in [0.15, 0.2) is 72.8 Å². The Morgan fingerprint density at radius 2 is 1.52 bits per heavy atom. The molecule has 0 atom stereocenters. The van der Waals surface area contributed by atoms with Crippen molar-refractivity contribution in [3.8, 4) is 11.3 Å². The van der Waals surface area contributed by atoms with Crippen LogP contribution >= 0.6 is 0 Å². The fourth-order valence-electron chi connectivity index (χ4n) is 3.57. The van der Waals surface area contributed by atoms with E-state index in [1.165, 1.54) is 6.07 Å². The summed E-state index contributed by atoms with van der Waals surface area (Å²) in [6.07, 6.45) is 0. The number of pyridine rings is 1. The van der Waals surface area contributed by atoms with Gasteiger partial charge in [0.1, 0.15) is 5.56 Å². The molecule has 4 aromatic rings. The predicted molar refractivity (Wildman–Crippen MR) is 125 cm³/mol. The number of rotatable bonds is 4. The number of nitro groups is 1. The molecule has 164 valence electrons. The van der Waals surface area contributed by atoms with Crippen LogP contribution < -0.4 is 10.9 Å². The molecule has 0 aliphatic carbocycles. The van der Waals surface area contributed by atoms with E-state index < -0.39 is 16.7 Å². The van der Waals surface area contributed by atoms with Gasteiger partial charge >= 0.3 is 0 Å². The summed E-state index contributed by atoms with van der Waals surface area (Å²) in [6.45, 7) is 3.53. The molecule has 3 aromatic carbocycles. The Morgan fingerprint density at radius 3 is 2.21 bits per heavy atom. The summed E-state index contributed by atoms with van der Waals surface area (Å²) in [4.78, 5) is 41.1. The van der Waals surface area contributed by atoms with Crippen molar-refractivity contribution in [2.45, 2.75) is 13.8 Å². The third-order valence-electron chi connectivity index (χ3n) is 5.26. The van der Waals surface area contributed by atoms with Crippen LogP contribution in [0.1, 0.15) is 31.8 Å². The van der Waals surface area contributed by atoms with Crippen molar-refractivity contribution in [3.05, 3.63) is 105 Å².